The van der Waals surface area contributed by atoms with Crippen LogP contribution in [-0.2, 0) is 7.05 Å². The smallest absolute Gasteiger partial charge is 0.143 e. The second-order valence-corrected chi connectivity index (χ2v) is 4.99. The third kappa shape index (κ3) is 2.63. The lowest BCUT2D eigenvalue weighted by Crippen LogP contribution is -2.16. The molecular formula is C16H17N3O2. The van der Waals surface area contributed by atoms with Crippen molar-refractivity contribution in [2.75, 3.05) is 5.32 Å². The number of benzene rings is 1. The second-order valence-electron chi connectivity index (χ2n) is 4.99. The number of hydrogen-bond donors (Lipinski definition) is 2. The van der Waals surface area contributed by atoms with Gasteiger partial charge in [-0.05, 0) is 30.7 Å². The van der Waals surface area contributed by atoms with Crippen molar-refractivity contribution >= 4 is 5.69 Å². The highest BCUT2D eigenvalue weighted by molar-refractivity contribution is 5.52. The molecule has 5 nitrogen and oxygen atoms in total. The zero-order chi connectivity index (χ0) is 14.8. The van der Waals surface area contributed by atoms with Gasteiger partial charge in [0, 0.05) is 31.2 Å². The van der Waals surface area contributed by atoms with Gasteiger partial charge in [0.2, 0.25) is 0 Å². The van der Waals surface area contributed by atoms with E-state index in [2.05, 4.69) is 10.3 Å². The van der Waals surface area contributed by atoms with Crippen molar-refractivity contribution in [2.24, 2.45) is 7.05 Å². The summed E-state index contributed by atoms with van der Waals surface area (Å²) in [6.45, 7) is 1.86. The number of hydrogen-bond acceptors (Lipinski definition) is 4. The maximum Gasteiger partial charge on any atom is 0.143 e. The molecule has 0 saturated carbocycles. The topological polar surface area (TPSA) is 63.2 Å². The van der Waals surface area contributed by atoms with Crippen LogP contribution < -0.4 is 5.32 Å². The van der Waals surface area contributed by atoms with Crippen LogP contribution in [0.5, 0.6) is 5.75 Å². The molecule has 0 aliphatic heterocycles. The molecule has 3 aromatic rings. The van der Waals surface area contributed by atoms with E-state index in [0.717, 1.165) is 22.8 Å². The molecule has 2 N–H and O–H groups in total. The number of anilines is 1. The Hall–Kier alpha value is -2.69. The minimum Gasteiger partial charge on any atom is -0.508 e. The van der Waals surface area contributed by atoms with Crippen molar-refractivity contribution in [3.63, 3.8) is 0 Å². The van der Waals surface area contributed by atoms with E-state index in [1.54, 1.807) is 18.5 Å². The summed E-state index contributed by atoms with van der Waals surface area (Å²) in [5.74, 6) is 1.87. The fraction of sp³-hybridized carbons (Fsp3) is 0.188. The molecule has 0 fully saturated rings. The lowest BCUT2D eigenvalue weighted by molar-refractivity contribution is 0.470. The quantitative estimate of drug-likeness (QED) is 0.771. The van der Waals surface area contributed by atoms with Gasteiger partial charge in [0.15, 0.2) is 0 Å². The van der Waals surface area contributed by atoms with Gasteiger partial charge in [-0.1, -0.05) is 6.07 Å². The van der Waals surface area contributed by atoms with Crippen molar-refractivity contribution in [3.8, 4) is 5.75 Å². The lowest BCUT2D eigenvalue weighted by Gasteiger charge is -2.18. The highest BCUT2D eigenvalue weighted by Crippen LogP contribution is 2.28. The number of nitrogens with zero attached hydrogens (tertiary/aromatic N) is 2. The van der Waals surface area contributed by atoms with Crippen LogP contribution in [0.2, 0.25) is 0 Å². The third-order valence-electron chi connectivity index (χ3n) is 3.46. The summed E-state index contributed by atoms with van der Waals surface area (Å²) in [5.41, 5.74) is 1.65. The number of phenols is 1. The summed E-state index contributed by atoms with van der Waals surface area (Å²) in [6, 6.07) is 9.03. The molecule has 0 radical (unpaired) electrons. The van der Waals surface area contributed by atoms with E-state index in [0.29, 0.717) is 0 Å². The van der Waals surface area contributed by atoms with Gasteiger partial charge in [0.1, 0.15) is 23.4 Å². The van der Waals surface area contributed by atoms with E-state index in [-0.39, 0.29) is 11.8 Å². The molecular weight excluding hydrogens is 266 g/mol. The minimum atomic E-state index is -0.220. The van der Waals surface area contributed by atoms with E-state index >= 15 is 0 Å². The molecule has 1 unspecified atom stereocenters. The van der Waals surface area contributed by atoms with Crippen molar-refractivity contribution < 1.29 is 9.52 Å². The van der Waals surface area contributed by atoms with Crippen molar-refractivity contribution in [3.05, 3.63) is 66.1 Å². The normalized spacial score (nSPS) is 12.3. The minimum absolute atomic E-state index is 0.220. The molecule has 0 bridgehead atoms. The number of furan rings is 1. The maximum absolute atomic E-state index is 9.84. The summed E-state index contributed by atoms with van der Waals surface area (Å²) in [6.07, 6.45) is 5.28. The zero-order valence-corrected chi connectivity index (χ0v) is 11.9. The predicted molar refractivity (Wildman–Crippen MR) is 80.2 cm³/mol. The number of rotatable bonds is 4. The number of imidazole rings is 1. The van der Waals surface area contributed by atoms with Gasteiger partial charge in [-0.3, -0.25) is 0 Å². The fourth-order valence-electron chi connectivity index (χ4n) is 2.24. The number of aromatic hydroxyl groups is 1. The second kappa shape index (κ2) is 5.36. The van der Waals surface area contributed by atoms with Crippen molar-refractivity contribution in [1.29, 1.82) is 0 Å². The Bertz CT molecular complexity index is 732. The van der Waals surface area contributed by atoms with E-state index < -0.39 is 0 Å². The zero-order valence-electron chi connectivity index (χ0n) is 11.9. The Balaban J connectivity index is 1.97. The molecule has 0 aliphatic carbocycles. The first kappa shape index (κ1) is 13.3. The van der Waals surface area contributed by atoms with Gasteiger partial charge in [-0.2, -0.15) is 0 Å². The molecule has 108 valence electrons. The number of phenolic OH excluding ortho intramolecular Hbond substituents is 1. The molecule has 0 amide bonds. The van der Waals surface area contributed by atoms with Crippen LogP contribution in [0.4, 0.5) is 5.69 Å². The summed E-state index contributed by atoms with van der Waals surface area (Å²) < 4.78 is 7.46. The van der Waals surface area contributed by atoms with Crippen LogP contribution >= 0.6 is 0 Å². The van der Waals surface area contributed by atoms with Gasteiger partial charge in [0.25, 0.3) is 0 Å². The third-order valence-corrected chi connectivity index (χ3v) is 3.46. The Morgan fingerprint density at radius 2 is 2.19 bits per heavy atom. The standard InChI is InChI=1S/C16H17N3O2/c1-11-5-6-12(10-13(11)20)18-15(14-4-3-9-21-14)16-17-7-8-19(16)2/h3-10,15,18,20H,1-2H3. The molecule has 0 spiro atoms. The van der Waals surface area contributed by atoms with E-state index in [4.69, 9.17) is 4.42 Å². The van der Waals surface area contributed by atoms with Crippen LogP contribution in [0.1, 0.15) is 23.2 Å². The first-order chi connectivity index (χ1) is 10.1. The average molecular weight is 283 g/mol. The molecule has 21 heavy (non-hydrogen) atoms. The van der Waals surface area contributed by atoms with Gasteiger partial charge in [-0.25, -0.2) is 4.98 Å². The van der Waals surface area contributed by atoms with Crippen LogP contribution in [0.15, 0.2) is 53.4 Å². The lowest BCUT2D eigenvalue weighted by atomic mass is 10.1. The molecule has 3 rings (SSSR count). The molecule has 0 saturated heterocycles. The van der Waals surface area contributed by atoms with Gasteiger partial charge < -0.3 is 19.4 Å². The Morgan fingerprint density at radius 1 is 1.33 bits per heavy atom. The summed E-state index contributed by atoms with van der Waals surface area (Å²) in [4.78, 5) is 4.39. The molecule has 1 aromatic carbocycles. The van der Waals surface area contributed by atoms with Gasteiger partial charge in [-0.15, -0.1) is 0 Å². The van der Waals surface area contributed by atoms with Crippen LogP contribution in [0.3, 0.4) is 0 Å². The number of aryl methyl sites for hydroxylation is 2. The van der Waals surface area contributed by atoms with E-state index in [1.165, 1.54) is 0 Å². The Morgan fingerprint density at radius 3 is 2.81 bits per heavy atom. The highest BCUT2D eigenvalue weighted by atomic mass is 16.3. The summed E-state index contributed by atoms with van der Waals surface area (Å²) in [5, 5.41) is 13.2. The van der Waals surface area contributed by atoms with Crippen molar-refractivity contribution in [1.82, 2.24) is 9.55 Å². The first-order valence-electron chi connectivity index (χ1n) is 6.72. The van der Waals surface area contributed by atoms with Crippen LogP contribution in [0.25, 0.3) is 0 Å². The molecule has 1 atom stereocenters. The van der Waals surface area contributed by atoms with Gasteiger partial charge in [0.05, 0.1) is 6.26 Å². The first-order valence-corrected chi connectivity index (χ1v) is 6.72. The largest absolute Gasteiger partial charge is 0.508 e. The Labute approximate surface area is 122 Å². The Kier molecular flexibility index (Phi) is 3.39. The maximum atomic E-state index is 9.84. The SMILES string of the molecule is Cc1ccc(NC(c2ccco2)c2nccn2C)cc1O. The van der Waals surface area contributed by atoms with Gasteiger partial charge >= 0.3 is 0 Å². The summed E-state index contributed by atoms with van der Waals surface area (Å²) in [7, 11) is 1.94. The van der Waals surface area contributed by atoms with E-state index in [9.17, 15) is 5.11 Å². The molecule has 2 heterocycles. The molecule has 2 aromatic heterocycles. The average Bonchev–Trinajstić information content (AvgIpc) is 3.12. The fourth-order valence-corrected chi connectivity index (χ4v) is 2.24. The van der Waals surface area contributed by atoms with Crippen LogP contribution in [0, 0.1) is 6.92 Å². The number of nitrogens with one attached hydrogen (secondary N) is 1. The monoisotopic (exact) mass is 283 g/mol. The molecule has 0 aliphatic rings. The van der Waals surface area contributed by atoms with Crippen LogP contribution in [-0.4, -0.2) is 14.7 Å². The van der Waals surface area contributed by atoms with Crippen molar-refractivity contribution in [2.45, 2.75) is 13.0 Å². The number of aromatic nitrogens is 2. The predicted octanol–water partition coefficient (Wildman–Crippen LogP) is 3.23. The van der Waals surface area contributed by atoms with E-state index in [1.807, 2.05) is 49.0 Å². The molecule has 5 heteroatoms. The highest BCUT2D eigenvalue weighted by Gasteiger charge is 2.21. The summed E-state index contributed by atoms with van der Waals surface area (Å²) >= 11 is 0.